The Morgan fingerprint density at radius 2 is 2.00 bits per heavy atom. The van der Waals surface area contributed by atoms with Gasteiger partial charge in [0.25, 0.3) is 0 Å². The van der Waals surface area contributed by atoms with Crippen molar-refractivity contribution in [2.24, 2.45) is 29.6 Å². The molecule has 0 bridgehead atoms. The largest absolute Gasteiger partial charge is 0.393 e. The third kappa shape index (κ3) is 2.08. The van der Waals surface area contributed by atoms with Crippen molar-refractivity contribution >= 4 is 5.78 Å². The van der Waals surface area contributed by atoms with E-state index in [9.17, 15) is 9.90 Å². The van der Waals surface area contributed by atoms with Gasteiger partial charge < -0.3 is 5.11 Å². The van der Waals surface area contributed by atoms with Gasteiger partial charge in [0.05, 0.1) is 6.10 Å². The van der Waals surface area contributed by atoms with Gasteiger partial charge in [-0.1, -0.05) is 26.0 Å². The van der Waals surface area contributed by atoms with E-state index in [-0.39, 0.29) is 11.7 Å². The molecule has 96 valence electrons. The van der Waals surface area contributed by atoms with Gasteiger partial charge in [-0.25, -0.2) is 0 Å². The maximum atomic E-state index is 12.1. The van der Waals surface area contributed by atoms with E-state index in [1.165, 1.54) is 5.57 Å². The van der Waals surface area contributed by atoms with Crippen LogP contribution in [0.2, 0.25) is 0 Å². The summed E-state index contributed by atoms with van der Waals surface area (Å²) >= 11 is 0. The van der Waals surface area contributed by atoms with Crippen molar-refractivity contribution < 1.29 is 9.90 Å². The maximum absolute atomic E-state index is 12.1. The molecule has 0 radical (unpaired) electrons. The fourth-order valence-corrected chi connectivity index (χ4v) is 4.03. The fraction of sp³-hybridized carbons (Fsp3) is 0.800. The predicted octanol–water partition coefficient (Wildman–Crippen LogP) is 2.81. The fourth-order valence-electron chi connectivity index (χ4n) is 4.03. The third-order valence-corrected chi connectivity index (χ3v) is 4.87. The zero-order chi connectivity index (χ0) is 12.7. The zero-order valence-electron chi connectivity index (χ0n) is 11.1. The molecule has 1 N–H and O–H groups in total. The lowest BCUT2D eigenvalue weighted by molar-refractivity contribution is -0.125. The van der Waals surface area contributed by atoms with Crippen molar-refractivity contribution in [3.8, 4) is 0 Å². The molecule has 0 heterocycles. The Bertz CT molecular complexity index is 330. The summed E-state index contributed by atoms with van der Waals surface area (Å²) < 4.78 is 0. The van der Waals surface area contributed by atoms with Gasteiger partial charge in [0.1, 0.15) is 5.78 Å². The average Bonchev–Trinajstić information content (AvgIpc) is 2.56. The molecule has 2 fully saturated rings. The highest BCUT2D eigenvalue weighted by molar-refractivity contribution is 5.85. The van der Waals surface area contributed by atoms with Crippen LogP contribution >= 0.6 is 0 Å². The van der Waals surface area contributed by atoms with E-state index in [0.717, 1.165) is 12.8 Å². The van der Waals surface area contributed by atoms with Gasteiger partial charge in [0, 0.05) is 12.3 Å². The number of aliphatic hydroxyl groups excluding tert-OH is 1. The monoisotopic (exact) mass is 236 g/mol. The summed E-state index contributed by atoms with van der Waals surface area (Å²) in [6.07, 6.45) is 2.30. The summed E-state index contributed by atoms with van der Waals surface area (Å²) in [6.45, 7) is 10.4. The Morgan fingerprint density at radius 3 is 2.53 bits per heavy atom. The first-order valence-corrected chi connectivity index (χ1v) is 6.82. The molecule has 17 heavy (non-hydrogen) atoms. The van der Waals surface area contributed by atoms with Gasteiger partial charge in [-0.15, -0.1) is 0 Å². The predicted molar refractivity (Wildman–Crippen MR) is 68.5 cm³/mol. The number of carbonyl (C=O) groups is 1. The first kappa shape index (κ1) is 12.8. The lowest BCUT2D eigenvalue weighted by Crippen LogP contribution is -2.37. The smallest absolute Gasteiger partial charge is 0.139 e. The standard InChI is InChI=1S/C15H24O2/c1-8(2)11-6-5-9(3)12-7-13(17)14(10(4)16)15(11)12/h8,10-12,14-16H,3,5-7H2,1-2,4H3/t10-,11-,12-,14-,15-/m0/s1. The highest BCUT2D eigenvalue weighted by atomic mass is 16.3. The number of Topliss-reactive ketones (excluding diaryl/α,β-unsaturated/α-hetero) is 1. The number of ketones is 1. The molecule has 0 spiro atoms. The molecule has 5 atom stereocenters. The van der Waals surface area contributed by atoms with Crippen LogP contribution in [-0.4, -0.2) is 17.0 Å². The lowest BCUT2D eigenvalue weighted by Gasteiger charge is -2.40. The van der Waals surface area contributed by atoms with Crippen LogP contribution in [-0.2, 0) is 4.79 Å². The van der Waals surface area contributed by atoms with E-state index in [1.54, 1.807) is 6.92 Å². The summed E-state index contributed by atoms with van der Waals surface area (Å²) in [7, 11) is 0. The van der Waals surface area contributed by atoms with Crippen molar-refractivity contribution in [3.05, 3.63) is 12.2 Å². The van der Waals surface area contributed by atoms with Gasteiger partial charge in [0.2, 0.25) is 0 Å². The van der Waals surface area contributed by atoms with Crippen LogP contribution in [0.3, 0.4) is 0 Å². The summed E-state index contributed by atoms with van der Waals surface area (Å²) in [5, 5.41) is 9.90. The van der Waals surface area contributed by atoms with Crippen LogP contribution < -0.4 is 0 Å². The van der Waals surface area contributed by atoms with E-state index in [4.69, 9.17) is 0 Å². The van der Waals surface area contributed by atoms with Gasteiger partial charge in [-0.05, 0) is 43.4 Å². The zero-order valence-corrected chi connectivity index (χ0v) is 11.1. The Balaban J connectivity index is 2.32. The molecule has 0 aromatic heterocycles. The highest BCUT2D eigenvalue weighted by Gasteiger charge is 2.51. The van der Waals surface area contributed by atoms with Crippen LogP contribution in [0.25, 0.3) is 0 Å². The highest BCUT2D eigenvalue weighted by Crippen LogP contribution is 2.52. The second-order valence-electron chi connectivity index (χ2n) is 6.23. The number of rotatable bonds is 2. The molecule has 0 unspecified atom stereocenters. The molecule has 0 aliphatic heterocycles. The molecule has 2 heteroatoms. The van der Waals surface area contributed by atoms with Crippen molar-refractivity contribution in [2.75, 3.05) is 0 Å². The number of carbonyl (C=O) groups excluding carboxylic acids is 1. The Morgan fingerprint density at radius 1 is 1.35 bits per heavy atom. The molecule has 2 aliphatic rings. The number of hydrogen-bond donors (Lipinski definition) is 1. The Hall–Kier alpha value is -0.630. The molecule has 2 aliphatic carbocycles. The number of fused-ring (bicyclic) bond motifs is 1. The minimum atomic E-state index is -0.510. The number of aliphatic hydroxyl groups is 1. The molecule has 0 amide bonds. The summed E-state index contributed by atoms with van der Waals surface area (Å²) in [6, 6.07) is 0. The molecule has 2 saturated carbocycles. The molecular weight excluding hydrogens is 212 g/mol. The van der Waals surface area contributed by atoms with Gasteiger partial charge in [0.15, 0.2) is 0 Å². The van der Waals surface area contributed by atoms with E-state index < -0.39 is 6.10 Å². The first-order valence-electron chi connectivity index (χ1n) is 6.82. The average molecular weight is 236 g/mol. The molecular formula is C15H24O2. The van der Waals surface area contributed by atoms with E-state index in [0.29, 0.717) is 30.1 Å². The molecule has 2 rings (SSSR count). The minimum Gasteiger partial charge on any atom is -0.393 e. The number of hydrogen-bond acceptors (Lipinski definition) is 2. The molecule has 0 aromatic rings. The quantitative estimate of drug-likeness (QED) is 0.749. The minimum absolute atomic E-state index is 0.149. The maximum Gasteiger partial charge on any atom is 0.139 e. The first-order chi connectivity index (χ1) is 7.93. The Labute approximate surface area is 104 Å². The lowest BCUT2D eigenvalue weighted by atomic mass is 9.64. The van der Waals surface area contributed by atoms with Crippen LogP contribution in [0, 0.1) is 29.6 Å². The SMILES string of the molecule is C=C1CC[C@@H](C(C)C)[C@@H]2[C@@H]([C@H](C)O)C(=O)C[C@@H]12. The normalized spacial score (nSPS) is 39.6. The van der Waals surface area contributed by atoms with Crippen LogP contribution in [0.5, 0.6) is 0 Å². The third-order valence-electron chi connectivity index (χ3n) is 4.87. The topological polar surface area (TPSA) is 37.3 Å². The second-order valence-corrected chi connectivity index (χ2v) is 6.23. The Kier molecular flexibility index (Phi) is 3.44. The van der Waals surface area contributed by atoms with E-state index in [1.807, 2.05) is 0 Å². The summed E-state index contributed by atoms with van der Waals surface area (Å²) in [4.78, 5) is 12.1. The second kappa shape index (κ2) is 4.56. The van der Waals surface area contributed by atoms with Crippen LogP contribution in [0.1, 0.15) is 40.0 Å². The van der Waals surface area contributed by atoms with Gasteiger partial charge >= 0.3 is 0 Å². The van der Waals surface area contributed by atoms with E-state index >= 15 is 0 Å². The molecule has 2 nitrogen and oxygen atoms in total. The van der Waals surface area contributed by atoms with Crippen LogP contribution in [0.15, 0.2) is 12.2 Å². The number of allylic oxidation sites excluding steroid dienone is 1. The van der Waals surface area contributed by atoms with Crippen molar-refractivity contribution in [1.29, 1.82) is 0 Å². The van der Waals surface area contributed by atoms with Crippen LogP contribution in [0.4, 0.5) is 0 Å². The molecule has 0 saturated heterocycles. The van der Waals surface area contributed by atoms with Crippen molar-refractivity contribution in [1.82, 2.24) is 0 Å². The van der Waals surface area contributed by atoms with E-state index in [2.05, 4.69) is 20.4 Å². The van der Waals surface area contributed by atoms with Gasteiger partial charge in [-0.2, -0.15) is 0 Å². The van der Waals surface area contributed by atoms with Crippen molar-refractivity contribution in [3.63, 3.8) is 0 Å². The summed E-state index contributed by atoms with van der Waals surface area (Å²) in [5.41, 5.74) is 1.24. The van der Waals surface area contributed by atoms with Crippen molar-refractivity contribution in [2.45, 2.75) is 46.1 Å². The van der Waals surface area contributed by atoms with Gasteiger partial charge in [-0.3, -0.25) is 4.79 Å². The summed E-state index contributed by atoms with van der Waals surface area (Å²) in [5.74, 6) is 1.93. The molecule has 0 aromatic carbocycles.